The summed E-state index contributed by atoms with van der Waals surface area (Å²) in [6.45, 7) is 3.64. The van der Waals surface area contributed by atoms with Crippen LogP contribution in [0.25, 0.3) is 0 Å². The summed E-state index contributed by atoms with van der Waals surface area (Å²) in [4.78, 5) is 25.7. The van der Waals surface area contributed by atoms with E-state index in [0.717, 1.165) is 11.3 Å². The quantitative estimate of drug-likeness (QED) is 0.738. The molecule has 1 unspecified atom stereocenters. The van der Waals surface area contributed by atoms with Crippen molar-refractivity contribution in [3.63, 3.8) is 0 Å². The Morgan fingerprint density at radius 3 is 2.90 bits per heavy atom. The van der Waals surface area contributed by atoms with Gasteiger partial charge in [0, 0.05) is 32.4 Å². The summed E-state index contributed by atoms with van der Waals surface area (Å²) < 4.78 is 0. The average Bonchev–Trinajstić information content (AvgIpc) is 2.46. The zero-order valence-electron chi connectivity index (χ0n) is 11.8. The van der Waals surface area contributed by atoms with E-state index in [1.54, 1.807) is 11.9 Å². The second-order valence-corrected chi connectivity index (χ2v) is 4.83. The number of rotatable bonds is 2. The van der Waals surface area contributed by atoms with Gasteiger partial charge in [0.1, 0.15) is 6.04 Å². The van der Waals surface area contributed by atoms with Gasteiger partial charge < -0.3 is 20.9 Å². The van der Waals surface area contributed by atoms with Gasteiger partial charge in [-0.15, -0.1) is 0 Å². The normalized spacial score (nSPS) is 18.5. The van der Waals surface area contributed by atoms with Crippen LogP contribution in [-0.4, -0.2) is 49.6 Å². The third-order valence-corrected chi connectivity index (χ3v) is 3.32. The Balaban J connectivity index is 2.08. The van der Waals surface area contributed by atoms with Gasteiger partial charge in [-0.05, 0) is 24.6 Å². The maximum absolute atomic E-state index is 12.3. The number of benzene rings is 1. The smallest absolute Gasteiger partial charge is 0.322 e. The van der Waals surface area contributed by atoms with E-state index in [9.17, 15) is 9.59 Å². The molecule has 1 fully saturated rings. The Morgan fingerprint density at radius 1 is 1.40 bits per heavy atom. The molecule has 1 aliphatic heterocycles. The Hall–Kier alpha value is -2.08. The zero-order chi connectivity index (χ0) is 14.5. The van der Waals surface area contributed by atoms with Crippen LogP contribution in [0.5, 0.6) is 0 Å². The van der Waals surface area contributed by atoms with Gasteiger partial charge in [-0.25, -0.2) is 4.79 Å². The number of urea groups is 1. The van der Waals surface area contributed by atoms with E-state index < -0.39 is 6.04 Å². The molecule has 0 aliphatic carbocycles. The Bertz CT molecular complexity index is 504. The molecule has 3 N–H and O–H groups in total. The molecule has 6 heteroatoms. The van der Waals surface area contributed by atoms with Gasteiger partial charge >= 0.3 is 6.03 Å². The summed E-state index contributed by atoms with van der Waals surface area (Å²) in [5, 5.41) is 8.56. The maximum atomic E-state index is 12.3. The number of nitrogens with one attached hydrogen (secondary N) is 3. The molecule has 1 aromatic rings. The van der Waals surface area contributed by atoms with Gasteiger partial charge in [0.2, 0.25) is 5.91 Å². The molecule has 6 nitrogen and oxygen atoms in total. The van der Waals surface area contributed by atoms with Crippen molar-refractivity contribution in [2.24, 2.45) is 0 Å². The summed E-state index contributed by atoms with van der Waals surface area (Å²) in [5.41, 5.74) is 1.81. The van der Waals surface area contributed by atoms with E-state index in [1.807, 2.05) is 31.2 Å². The zero-order valence-corrected chi connectivity index (χ0v) is 11.8. The van der Waals surface area contributed by atoms with Crippen molar-refractivity contribution in [2.45, 2.75) is 13.0 Å². The monoisotopic (exact) mass is 276 g/mol. The molecule has 3 amide bonds. The van der Waals surface area contributed by atoms with Crippen LogP contribution in [0, 0.1) is 6.92 Å². The molecule has 0 aromatic heterocycles. The van der Waals surface area contributed by atoms with E-state index in [4.69, 9.17) is 0 Å². The van der Waals surface area contributed by atoms with Crippen LogP contribution < -0.4 is 16.0 Å². The molecule has 1 heterocycles. The molecule has 108 valence electrons. The van der Waals surface area contributed by atoms with Crippen LogP contribution in [0.2, 0.25) is 0 Å². The molecule has 0 saturated carbocycles. The number of carbonyl (C=O) groups is 2. The molecule has 0 spiro atoms. The maximum Gasteiger partial charge on any atom is 0.322 e. The van der Waals surface area contributed by atoms with E-state index in [0.29, 0.717) is 19.6 Å². The lowest BCUT2D eigenvalue weighted by molar-refractivity contribution is -0.125. The van der Waals surface area contributed by atoms with Crippen LogP contribution in [0.1, 0.15) is 5.56 Å². The highest BCUT2D eigenvalue weighted by Crippen LogP contribution is 2.12. The van der Waals surface area contributed by atoms with E-state index in [1.165, 1.54) is 0 Å². The van der Waals surface area contributed by atoms with E-state index in [-0.39, 0.29) is 11.9 Å². The third kappa shape index (κ3) is 3.27. The SMILES string of the molecule is CNC(=O)C1CNCCN1C(=O)Nc1cccc(C)c1. The third-order valence-electron chi connectivity index (χ3n) is 3.32. The highest BCUT2D eigenvalue weighted by atomic mass is 16.2. The number of hydrogen-bond donors (Lipinski definition) is 3. The van der Waals surface area contributed by atoms with Crippen molar-refractivity contribution in [3.05, 3.63) is 29.8 Å². The second-order valence-electron chi connectivity index (χ2n) is 4.83. The standard InChI is InChI=1S/C14H20N4O2/c1-10-4-3-5-11(8-10)17-14(20)18-7-6-16-9-12(18)13(19)15-2/h3-5,8,12,16H,6-7,9H2,1-2H3,(H,15,19)(H,17,20). The molecule has 20 heavy (non-hydrogen) atoms. The van der Waals surface area contributed by atoms with Crippen LogP contribution >= 0.6 is 0 Å². The minimum Gasteiger partial charge on any atom is -0.357 e. The molecule has 1 aromatic carbocycles. The Labute approximate surface area is 118 Å². The number of aryl methyl sites for hydroxylation is 1. The summed E-state index contributed by atoms with van der Waals surface area (Å²) in [6, 6.07) is 6.87. The molecule has 1 atom stereocenters. The fourth-order valence-electron chi connectivity index (χ4n) is 2.27. The van der Waals surface area contributed by atoms with Crippen molar-refractivity contribution in [3.8, 4) is 0 Å². The van der Waals surface area contributed by atoms with Gasteiger partial charge in [0.15, 0.2) is 0 Å². The summed E-state index contributed by atoms with van der Waals surface area (Å²) in [7, 11) is 1.58. The highest BCUT2D eigenvalue weighted by molar-refractivity contribution is 5.94. The predicted octanol–water partition coefficient (Wildman–Crippen LogP) is 0.547. The minimum atomic E-state index is -0.474. The van der Waals surface area contributed by atoms with Gasteiger partial charge in [-0.2, -0.15) is 0 Å². The fourth-order valence-corrected chi connectivity index (χ4v) is 2.27. The van der Waals surface area contributed by atoms with Gasteiger partial charge in [-0.1, -0.05) is 12.1 Å². The van der Waals surface area contributed by atoms with Crippen molar-refractivity contribution >= 4 is 17.6 Å². The Kier molecular flexibility index (Phi) is 4.57. The first-order valence-corrected chi connectivity index (χ1v) is 6.68. The predicted molar refractivity (Wildman–Crippen MR) is 77.6 cm³/mol. The minimum absolute atomic E-state index is 0.156. The summed E-state index contributed by atoms with van der Waals surface area (Å²) >= 11 is 0. The number of nitrogens with zero attached hydrogens (tertiary/aromatic N) is 1. The number of carbonyl (C=O) groups excluding carboxylic acids is 2. The van der Waals surface area contributed by atoms with Crippen molar-refractivity contribution < 1.29 is 9.59 Å². The molecular formula is C14H20N4O2. The van der Waals surface area contributed by atoms with Gasteiger partial charge in [0.05, 0.1) is 0 Å². The molecule has 1 aliphatic rings. The van der Waals surface area contributed by atoms with Crippen molar-refractivity contribution in [1.29, 1.82) is 0 Å². The molecular weight excluding hydrogens is 256 g/mol. The lowest BCUT2D eigenvalue weighted by Gasteiger charge is -2.34. The van der Waals surface area contributed by atoms with Crippen LogP contribution in [0.15, 0.2) is 24.3 Å². The number of piperazine rings is 1. The number of amides is 3. The molecule has 1 saturated heterocycles. The van der Waals surface area contributed by atoms with Crippen LogP contribution in [0.3, 0.4) is 0 Å². The summed E-state index contributed by atoms with van der Waals surface area (Å²) in [5.74, 6) is -0.156. The molecule has 0 radical (unpaired) electrons. The molecule has 2 rings (SSSR count). The molecule has 0 bridgehead atoms. The van der Waals surface area contributed by atoms with E-state index >= 15 is 0 Å². The van der Waals surface area contributed by atoms with Gasteiger partial charge in [-0.3, -0.25) is 4.79 Å². The lowest BCUT2D eigenvalue weighted by atomic mass is 10.2. The number of hydrogen-bond acceptors (Lipinski definition) is 3. The first kappa shape index (κ1) is 14.3. The number of likely N-dealkylation sites (N-methyl/N-ethyl adjacent to an activating group) is 1. The first-order chi connectivity index (χ1) is 9.61. The lowest BCUT2D eigenvalue weighted by Crippen LogP contribution is -2.60. The van der Waals surface area contributed by atoms with Crippen molar-refractivity contribution in [2.75, 3.05) is 32.0 Å². The second kappa shape index (κ2) is 6.38. The Morgan fingerprint density at radius 2 is 2.20 bits per heavy atom. The van der Waals surface area contributed by atoms with Crippen molar-refractivity contribution in [1.82, 2.24) is 15.5 Å². The average molecular weight is 276 g/mol. The topological polar surface area (TPSA) is 73.5 Å². The fraction of sp³-hybridized carbons (Fsp3) is 0.429. The van der Waals surface area contributed by atoms with Crippen LogP contribution in [-0.2, 0) is 4.79 Å². The largest absolute Gasteiger partial charge is 0.357 e. The van der Waals surface area contributed by atoms with Crippen LogP contribution in [0.4, 0.5) is 10.5 Å². The highest BCUT2D eigenvalue weighted by Gasteiger charge is 2.31. The van der Waals surface area contributed by atoms with Gasteiger partial charge in [0.25, 0.3) is 0 Å². The summed E-state index contributed by atoms with van der Waals surface area (Å²) in [6.07, 6.45) is 0. The van der Waals surface area contributed by atoms with E-state index in [2.05, 4.69) is 16.0 Å². The number of anilines is 1. The first-order valence-electron chi connectivity index (χ1n) is 6.68.